The third-order valence-corrected chi connectivity index (χ3v) is 4.87. The summed E-state index contributed by atoms with van der Waals surface area (Å²) in [6.07, 6.45) is 4.95. The standard InChI is InChI=1S/C18H15N3O2S2/c1-12-4-6-13(7-5-12)9-15-17(23)21(18(24)25-15)11-16(22)20-14-3-2-8-19-10-14/h2-10H,11H2,1H3,(H,20,22)/b15-9+. The maximum atomic E-state index is 12.5. The molecule has 0 unspecified atom stereocenters. The highest BCUT2D eigenvalue weighted by atomic mass is 32.2. The van der Waals surface area contributed by atoms with Crippen LogP contribution >= 0.6 is 24.0 Å². The van der Waals surface area contributed by atoms with Crippen LogP contribution < -0.4 is 5.32 Å². The lowest BCUT2D eigenvalue weighted by atomic mass is 10.1. The fraction of sp³-hybridized carbons (Fsp3) is 0.111. The zero-order chi connectivity index (χ0) is 17.8. The summed E-state index contributed by atoms with van der Waals surface area (Å²) in [7, 11) is 0. The Bertz CT molecular complexity index is 848. The molecule has 5 nitrogen and oxygen atoms in total. The number of nitrogens with one attached hydrogen (secondary N) is 1. The van der Waals surface area contributed by atoms with Crippen LogP contribution in [0.25, 0.3) is 6.08 Å². The maximum absolute atomic E-state index is 12.5. The van der Waals surface area contributed by atoms with E-state index in [2.05, 4.69) is 10.3 Å². The van der Waals surface area contributed by atoms with Gasteiger partial charge in [-0.25, -0.2) is 0 Å². The number of rotatable bonds is 4. The zero-order valence-corrected chi connectivity index (χ0v) is 15.1. The van der Waals surface area contributed by atoms with Crippen LogP contribution in [0.15, 0.2) is 53.7 Å². The van der Waals surface area contributed by atoms with E-state index in [1.165, 1.54) is 16.7 Å². The maximum Gasteiger partial charge on any atom is 0.266 e. The van der Waals surface area contributed by atoms with Gasteiger partial charge in [-0.3, -0.25) is 19.5 Å². The highest BCUT2D eigenvalue weighted by Crippen LogP contribution is 2.32. The molecule has 1 fully saturated rings. The predicted molar refractivity (Wildman–Crippen MR) is 104 cm³/mol. The Morgan fingerprint density at radius 1 is 1.32 bits per heavy atom. The van der Waals surface area contributed by atoms with Gasteiger partial charge in [0.1, 0.15) is 10.9 Å². The van der Waals surface area contributed by atoms with Crippen molar-refractivity contribution in [1.29, 1.82) is 0 Å². The van der Waals surface area contributed by atoms with Gasteiger partial charge in [-0.05, 0) is 30.7 Å². The van der Waals surface area contributed by atoms with Crippen molar-refractivity contribution in [2.45, 2.75) is 6.92 Å². The lowest BCUT2D eigenvalue weighted by Gasteiger charge is -2.14. The fourth-order valence-electron chi connectivity index (χ4n) is 2.23. The molecule has 2 heterocycles. The van der Waals surface area contributed by atoms with Crippen LogP contribution in [0.2, 0.25) is 0 Å². The Morgan fingerprint density at radius 3 is 2.76 bits per heavy atom. The minimum atomic E-state index is -0.319. The largest absolute Gasteiger partial charge is 0.323 e. The highest BCUT2D eigenvalue weighted by molar-refractivity contribution is 8.26. The molecule has 1 saturated heterocycles. The number of aromatic nitrogens is 1. The molecular weight excluding hydrogens is 354 g/mol. The first-order valence-electron chi connectivity index (χ1n) is 7.55. The van der Waals surface area contributed by atoms with Crippen molar-refractivity contribution in [2.24, 2.45) is 0 Å². The first kappa shape index (κ1) is 17.3. The van der Waals surface area contributed by atoms with Gasteiger partial charge in [-0.15, -0.1) is 0 Å². The van der Waals surface area contributed by atoms with Crippen molar-refractivity contribution in [3.05, 3.63) is 64.8 Å². The van der Waals surface area contributed by atoms with Crippen molar-refractivity contribution in [3.63, 3.8) is 0 Å². The number of anilines is 1. The van der Waals surface area contributed by atoms with Crippen molar-refractivity contribution >= 4 is 51.9 Å². The molecule has 1 N–H and O–H groups in total. The van der Waals surface area contributed by atoms with Gasteiger partial charge < -0.3 is 5.32 Å². The molecule has 1 aliphatic heterocycles. The summed E-state index contributed by atoms with van der Waals surface area (Å²) in [6, 6.07) is 11.3. The Kier molecular flexibility index (Phi) is 5.25. The lowest BCUT2D eigenvalue weighted by Crippen LogP contribution is -2.36. The number of hydrogen-bond donors (Lipinski definition) is 1. The van der Waals surface area contributed by atoms with E-state index in [9.17, 15) is 9.59 Å². The topological polar surface area (TPSA) is 62.3 Å². The second-order valence-corrected chi connectivity index (χ2v) is 7.14. The van der Waals surface area contributed by atoms with Crippen LogP contribution in [0.4, 0.5) is 5.69 Å². The van der Waals surface area contributed by atoms with Crippen LogP contribution in [-0.2, 0) is 9.59 Å². The molecule has 0 radical (unpaired) electrons. The van der Waals surface area contributed by atoms with E-state index in [0.717, 1.165) is 11.1 Å². The van der Waals surface area contributed by atoms with Gasteiger partial charge in [0.2, 0.25) is 5.91 Å². The first-order valence-corrected chi connectivity index (χ1v) is 8.77. The highest BCUT2D eigenvalue weighted by Gasteiger charge is 2.33. The molecule has 2 amide bonds. The van der Waals surface area contributed by atoms with E-state index in [0.29, 0.717) is 14.9 Å². The number of hydrogen-bond acceptors (Lipinski definition) is 5. The van der Waals surface area contributed by atoms with Crippen LogP contribution in [-0.4, -0.2) is 32.6 Å². The van der Waals surface area contributed by atoms with Gasteiger partial charge in [0.25, 0.3) is 5.91 Å². The quantitative estimate of drug-likeness (QED) is 0.662. The minimum Gasteiger partial charge on any atom is -0.323 e. The number of pyridine rings is 1. The molecule has 7 heteroatoms. The third kappa shape index (κ3) is 4.32. The molecule has 0 saturated carbocycles. The van der Waals surface area contributed by atoms with E-state index < -0.39 is 0 Å². The van der Waals surface area contributed by atoms with Gasteiger partial charge in [0, 0.05) is 6.20 Å². The Balaban J connectivity index is 1.69. The van der Waals surface area contributed by atoms with E-state index in [-0.39, 0.29) is 18.4 Å². The number of benzene rings is 1. The van der Waals surface area contributed by atoms with Gasteiger partial charge in [-0.2, -0.15) is 0 Å². The third-order valence-electron chi connectivity index (χ3n) is 3.50. The molecule has 0 aliphatic carbocycles. The van der Waals surface area contributed by atoms with Crippen LogP contribution in [0, 0.1) is 6.92 Å². The smallest absolute Gasteiger partial charge is 0.266 e. The Morgan fingerprint density at radius 2 is 2.08 bits per heavy atom. The van der Waals surface area contributed by atoms with Crippen LogP contribution in [0.1, 0.15) is 11.1 Å². The van der Waals surface area contributed by atoms with E-state index in [4.69, 9.17) is 12.2 Å². The molecular formula is C18H15N3O2S2. The van der Waals surface area contributed by atoms with E-state index in [1.54, 1.807) is 30.6 Å². The summed E-state index contributed by atoms with van der Waals surface area (Å²) >= 11 is 6.46. The zero-order valence-electron chi connectivity index (χ0n) is 13.4. The molecule has 25 heavy (non-hydrogen) atoms. The molecule has 2 aromatic rings. The monoisotopic (exact) mass is 369 g/mol. The van der Waals surface area contributed by atoms with Crippen molar-refractivity contribution < 1.29 is 9.59 Å². The number of nitrogens with zero attached hydrogens (tertiary/aromatic N) is 2. The molecule has 0 atom stereocenters. The second kappa shape index (κ2) is 7.58. The minimum absolute atomic E-state index is 0.120. The molecule has 3 rings (SSSR count). The number of carbonyl (C=O) groups is 2. The summed E-state index contributed by atoms with van der Waals surface area (Å²) in [6.45, 7) is 1.88. The number of thioether (sulfide) groups is 1. The Hall–Kier alpha value is -2.51. The normalized spacial score (nSPS) is 15.7. The summed E-state index contributed by atoms with van der Waals surface area (Å²) in [5.74, 6) is -0.571. The summed E-state index contributed by atoms with van der Waals surface area (Å²) in [4.78, 5) is 30.4. The molecule has 0 bridgehead atoms. The van der Waals surface area contributed by atoms with Gasteiger partial charge in [0.15, 0.2) is 0 Å². The SMILES string of the molecule is Cc1ccc(/C=C2/SC(=S)N(CC(=O)Nc3cccnc3)C2=O)cc1. The predicted octanol–water partition coefficient (Wildman–Crippen LogP) is 3.23. The fourth-order valence-corrected chi connectivity index (χ4v) is 3.49. The number of thiocarbonyl (C=S) groups is 1. The van der Waals surface area contributed by atoms with Gasteiger partial charge >= 0.3 is 0 Å². The summed E-state index contributed by atoms with van der Waals surface area (Å²) < 4.78 is 0.379. The average molecular weight is 369 g/mol. The summed E-state index contributed by atoms with van der Waals surface area (Å²) in [5.41, 5.74) is 2.65. The molecule has 1 aromatic heterocycles. The average Bonchev–Trinajstić information content (AvgIpc) is 2.85. The van der Waals surface area contributed by atoms with Crippen molar-refractivity contribution in [3.8, 4) is 0 Å². The van der Waals surface area contributed by atoms with Crippen molar-refractivity contribution in [2.75, 3.05) is 11.9 Å². The molecule has 0 spiro atoms. The van der Waals surface area contributed by atoms with Crippen molar-refractivity contribution in [1.82, 2.24) is 9.88 Å². The second-order valence-electron chi connectivity index (χ2n) is 5.47. The van der Waals surface area contributed by atoms with Crippen LogP contribution in [0.3, 0.4) is 0 Å². The van der Waals surface area contributed by atoms with Gasteiger partial charge in [0.05, 0.1) is 16.8 Å². The number of carbonyl (C=O) groups excluding carboxylic acids is 2. The molecule has 1 aromatic carbocycles. The number of aryl methyl sites for hydroxylation is 1. The van der Waals surface area contributed by atoms with Gasteiger partial charge in [-0.1, -0.05) is 53.8 Å². The van der Waals surface area contributed by atoms with Crippen LogP contribution in [0.5, 0.6) is 0 Å². The first-order chi connectivity index (χ1) is 12.0. The molecule has 1 aliphatic rings. The van der Waals surface area contributed by atoms with E-state index >= 15 is 0 Å². The summed E-state index contributed by atoms with van der Waals surface area (Å²) in [5, 5.41) is 2.70. The lowest BCUT2D eigenvalue weighted by molar-refractivity contribution is -0.126. The molecule has 126 valence electrons. The van der Waals surface area contributed by atoms with E-state index in [1.807, 2.05) is 31.2 Å². The number of amides is 2. The Labute approximate surface area is 155 Å².